The lowest BCUT2D eigenvalue weighted by molar-refractivity contribution is 0.0833. The standard InChI is InChI=1S/C18H15ClN2O5S/c1-13-4-2-3-5-16(13)26-12-17(22)20-10-11-21(18(20)23)27(24,25)15-8-6-14(19)7-9-15/h2-11H,12H2,1H3. The summed E-state index contributed by atoms with van der Waals surface area (Å²) in [6, 6.07) is 12.5. The molecule has 1 heterocycles. The van der Waals surface area contributed by atoms with Crippen LogP contribution < -0.4 is 10.4 Å². The second kappa shape index (κ2) is 7.42. The summed E-state index contributed by atoms with van der Waals surface area (Å²) in [5.41, 5.74) is -0.163. The minimum atomic E-state index is -4.14. The van der Waals surface area contributed by atoms with E-state index in [2.05, 4.69) is 0 Å². The van der Waals surface area contributed by atoms with Crippen LogP contribution in [0.4, 0.5) is 0 Å². The molecule has 0 aliphatic carbocycles. The molecule has 0 aliphatic rings. The zero-order valence-corrected chi connectivity index (χ0v) is 15.8. The van der Waals surface area contributed by atoms with E-state index >= 15 is 0 Å². The molecule has 0 aliphatic heterocycles. The lowest BCUT2D eigenvalue weighted by atomic mass is 10.2. The van der Waals surface area contributed by atoms with Gasteiger partial charge >= 0.3 is 5.69 Å². The van der Waals surface area contributed by atoms with Gasteiger partial charge in [0.2, 0.25) is 0 Å². The highest BCUT2D eigenvalue weighted by molar-refractivity contribution is 7.90. The molecule has 0 fully saturated rings. The van der Waals surface area contributed by atoms with Crippen LogP contribution in [0, 0.1) is 6.92 Å². The Hall–Kier alpha value is -2.84. The number of ether oxygens (including phenoxy) is 1. The molecule has 0 radical (unpaired) electrons. The molecule has 0 unspecified atom stereocenters. The Morgan fingerprint density at radius 3 is 2.41 bits per heavy atom. The number of imidazole rings is 1. The van der Waals surface area contributed by atoms with Crippen molar-refractivity contribution in [2.75, 3.05) is 6.61 Å². The Morgan fingerprint density at radius 1 is 1.07 bits per heavy atom. The molecule has 7 nitrogen and oxygen atoms in total. The van der Waals surface area contributed by atoms with Crippen LogP contribution in [0.1, 0.15) is 10.4 Å². The molecule has 0 saturated heterocycles. The van der Waals surface area contributed by atoms with Gasteiger partial charge in [-0.15, -0.1) is 0 Å². The van der Waals surface area contributed by atoms with E-state index in [0.29, 0.717) is 19.3 Å². The number of benzene rings is 2. The fourth-order valence-electron chi connectivity index (χ4n) is 2.38. The highest BCUT2D eigenvalue weighted by Crippen LogP contribution is 2.17. The van der Waals surface area contributed by atoms with Crippen molar-refractivity contribution in [2.24, 2.45) is 0 Å². The maximum atomic E-state index is 12.6. The van der Waals surface area contributed by atoms with Crippen LogP contribution in [0.15, 0.2) is 70.6 Å². The molecule has 0 spiro atoms. The van der Waals surface area contributed by atoms with Gasteiger partial charge < -0.3 is 4.74 Å². The first-order chi connectivity index (χ1) is 12.8. The van der Waals surface area contributed by atoms with Crippen molar-refractivity contribution in [1.29, 1.82) is 0 Å². The van der Waals surface area contributed by atoms with Gasteiger partial charge in [0.05, 0.1) is 4.90 Å². The molecule has 27 heavy (non-hydrogen) atoms. The topological polar surface area (TPSA) is 87.4 Å². The van der Waals surface area contributed by atoms with E-state index in [1.165, 1.54) is 24.3 Å². The molecule has 140 valence electrons. The summed E-state index contributed by atoms with van der Waals surface area (Å²) < 4.78 is 31.8. The molecule has 0 atom stereocenters. The van der Waals surface area contributed by atoms with Crippen LogP contribution in [0.2, 0.25) is 5.02 Å². The average Bonchev–Trinajstić information content (AvgIpc) is 3.03. The molecule has 0 bridgehead atoms. The van der Waals surface area contributed by atoms with E-state index in [1.54, 1.807) is 12.1 Å². The van der Waals surface area contributed by atoms with Crippen molar-refractivity contribution in [1.82, 2.24) is 8.54 Å². The minimum Gasteiger partial charge on any atom is -0.483 e. The highest BCUT2D eigenvalue weighted by atomic mass is 35.5. The first kappa shape index (κ1) is 18.9. The molecular formula is C18H15ClN2O5S. The van der Waals surface area contributed by atoms with Crippen molar-refractivity contribution >= 4 is 27.5 Å². The van der Waals surface area contributed by atoms with E-state index in [4.69, 9.17) is 16.3 Å². The van der Waals surface area contributed by atoms with Gasteiger partial charge in [-0.3, -0.25) is 4.79 Å². The molecule has 2 aromatic carbocycles. The summed E-state index contributed by atoms with van der Waals surface area (Å²) in [5, 5.41) is 0.363. The minimum absolute atomic E-state index is 0.115. The number of halogens is 1. The first-order valence-corrected chi connectivity index (χ1v) is 9.65. The SMILES string of the molecule is Cc1ccccc1OCC(=O)n1ccn(S(=O)(=O)c2ccc(Cl)cc2)c1=O. The fourth-order valence-corrected chi connectivity index (χ4v) is 3.72. The number of nitrogens with zero attached hydrogens (tertiary/aromatic N) is 2. The number of carbonyl (C=O) groups is 1. The number of aromatic nitrogens is 2. The molecule has 9 heteroatoms. The third-order valence-electron chi connectivity index (χ3n) is 3.83. The summed E-state index contributed by atoms with van der Waals surface area (Å²) in [6.07, 6.45) is 2.12. The van der Waals surface area contributed by atoms with E-state index in [1.807, 2.05) is 19.1 Å². The van der Waals surface area contributed by atoms with Gasteiger partial charge in [-0.05, 0) is 42.8 Å². The summed E-state index contributed by atoms with van der Waals surface area (Å²) in [5.74, 6) is -0.180. The van der Waals surface area contributed by atoms with Crippen molar-refractivity contribution in [3.63, 3.8) is 0 Å². The third-order valence-corrected chi connectivity index (χ3v) is 5.75. The second-order valence-corrected chi connectivity index (χ2v) is 7.90. The van der Waals surface area contributed by atoms with Crippen molar-refractivity contribution in [3.05, 3.63) is 82.0 Å². The number of hydrogen-bond donors (Lipinski definition) is 0. The third kappa shape index (κ3) is 3.81. The van der Waals surface area contributed by atoms with Crippen LogP contribution in [-0.2, 0) is 10.0 Å². The molecule has 0 saturated carbocycles. The molecule has 1 aromatic heterocycles. The van der Waals surface area contributed by atoms with Crippen LogP contribution in [0.3, 0.4) is 0 Å². The van der Waals surface area contributed by atoms with Crippen molar-refractivity contribution in [3.8, 4) is 5.75 Å². The zero-order valence-electron chi connectivity index (χ0n) is 14.2. The quantitative estimate of drug-likeness (QED) is 0.649. The Morgan fingerprint density at radius 2 is 1.74 bits per heavy atom. The number of carbonyl (C=O) groups excluding carboxylic acids is 1. The summed E-state index contributed by atoms with van der Waals surface area (Å²) >= 11 is 5.76. The summed E-state index contributed by atoms with van der Waals surface area (Å²) in [4.78, 5) is 24.6. The predicted molar refractivity (Wildman–Crippen MR) is 100 cm³/mol. The van der Waals surface area contributed by atoms with Gasteiger partial charge in [-0.2, -0.15) is 3.97 Å². The Balaban J connectivity index is 1.84. The Labute approximate surface area is 160 Å². The molecular weight excluding hydrogens is 392 g/mol. The van der Waals surface area contributed by atoms with Gasteiger partial charge in [0.15, 0.2) is 6.61 Å². The van der Waals surface area contributed by atoms with Crippen LogP contribution >= 0.6 is 11.6 Å². The summed E-state index contributed by atoms with van der Waals surface area (Å²) in [6.45, 7) is 1.41. The van der Waals surface area contributed by atoms with Gasteiger partial charge in [-0.25, -0.2) is 17.8 Å². The number of aryl methyl sites for hydroxylation is 1. The normalized spacial score (nSPS) is 11.3. The summed E-state index contributed by atoms with van der Waals surface area (Å²) in [7, 11) is -4.14. The first-order valence-electron chi connectivity index (χ1n) is 7.83. The second-order valence-electron chi connectivity index (χ2n) is 5.65. The van der Waals surface area contributed by atoms with Crippen LogP contribution in [0.25, 0.3) is 0 Å². The maximum absolute atomic E-state index is 12.6. The lowest BCUT2D eigenvalue weighted by Gasteiger charge is -2.08. The number of para-hydroxylation sites is 1. The van der Waals surface area contributed by atoms with Gasteiger partial charge in [-0.1, -0.05) is 29.8 Å². The highest BCUT2D eigenvalue weighted by Gasteiger charge is 2.22. The predicted octanol–water partition coefficient (Wildman–Crippen LogP) is 2.57. The largest absolute Gasteiger partial charge is 0.483 e. The van der Waals surface area contributed by atoms with Gasteiger partial charge in [0.25, 0.3) is 15.9 Å². The van der Waals surface area contributed by atoms with E-state index in [-0.39, 0.29) is 4.90 Å². The van der Waals surface area contributed by atoms with Crippen molar-refractivity contribution in [2.45, 2.75) is 11.8 Å². The Kier molecular flexibility index (Phi) is 5.20. The molecule has 0 N–H and O–H groups in total. The van der Waals surface area contributed by atoms with Crippen LogP contribution in [0.5, 0.6) is 5.75 Å². The zero-order chi connectivity index (χ0) is 19.6. The average molecular weight is 407 g/mol. The molecule has 3 aromatic rings. The molecule has 3 rings (SSSR count). The lowest BCUT2D eigenvalue weighted by Crippen LogP contribution is -2.34. The van der Waals surface area contributed by atoms with Gasteiger partial charge in [0.1, 0.15) is 5.75 Å². The smallest absolute Gasteiger partial charge is 0.349 e. The van der Waals surface area contributed by atoms with Crippen molar-refractivity contribution < 1.29 is 17.9 Å². The fraction of sp³-hybridized carbons (Fsp3) is 0.111. The maximum Gasteiger partial charge on any atom is 0.349 e. The Bertz CT molecular complexity index is 1150. The van der Waals surface area contributed by atoms with Crippen LogP contribution in [-0.4, -0.2) is 29.5 Å². The van der Waals surface area contributed by atoms with E-state index in [0.717, 1.165) is 18.0 Å². The van der Waals surface area contributed by atoms with E-state index < -0.39 is 28.2 Å². The molecule has 0 amide bonds. The van der Waals surface area contributed by atoms with E-state index in [9.17, 15) is 18.0 Å². The van der Waals surface area contributed by atoms with Gasteiger partial charge in [0, 0.05) is 17.4 Å². The number of hydrogen-bond acceptors (Lipinski definition) is 5. The number of rotatable bonds is 5. The monoisotopic (exact) mass is 406 g/mol.